The molecule has 0 aliphatic rings. The van der Waals surface area contributed by atoms with E-state index in [-0.39, 0.29) is 24.3 Å². The molecule has 2 N–H and O–H groups in total. The molecule has 0 saturated carbocycles. The number of unbranched alkanes of at least 4 members (excludes halogenated alkanes) is 19. The van der Waals surface area contributed by atoms with E-state index in [0.717, 1.165) is 102 Å². The first-order valence-corrected chi connectivity index (χ1v) is 22.6. The van der Waals surface area contributed by atoms with Crippen molar-refractivity contribution >= 4 is 11.9 Å². The molecule has 0 aliphatic carbocycles. The van der Waals surface area contributed by atoms with Gasteiger partial charge in [-0.3, -0.25) is 9.59 Å². The molecule has 0 bridgehead atoms. The Morgan fingerprint density at radius 1 is 0.481 bits per heavy atom. The Kier molecular flexibility index (Phi) is 37.3. The van der Waals surface area contributed by atoms with Crippen LogP contribution in [-0.4, -0.2) is 38.2 Å². The van der Waals surface area contributed by atoms with E-state index in [1.54, 1.807) is 0 Å². The third-order valence-corrected chi connectivity index (χ3v) is 10.5. The van der Waals surface area contributed by atoms with E-state index in [1.807, 2.05) is 0 Å². The fourth-order valence-electron chi connectivity index (χ4n) is 6.85. The number of amides is 1. The molecule has 0 saturated heterocycles. The van der Waals surface area contributed by atoms with Crippen molar-refractivity contribution < 1.29 is 19.1 Å². The number of hydrogen-bond acceptors (Lipinski definition) is 5. The second-order valence-electron chi connectivity index (χ2n) is 15.5. The summed E-state index contributed by atoms with van der Waals surface area (Å²) in [6, 6.07) is 0. The summed E-state index contributed by atoms with van der Waals surface area (Å²) in [5.74, 6) is 1.65. The SMILES string of the molecule is C=C(CCCCCOC(=O)C(CCCC)CCCCCC)NCC(=O)NCCCCCCCCOC(=C)C(CCCCCC)CCCCCCCC. The maximum absolute atomic E-state index is 12.6. The maximum atomic E-state index is 12.6. The number of rotatable bonds is 41. The molecule has 2 unspecified atom stereocenters. The average molecular weight is 733 g/mol. The first-order valence-electron chi connectivity index (χ1n) is 22.6. The minimum Gasteiger partial charge on any atom is -0.498 e. The Balaban J connectivity index is 3.87. The standard InChI is InChI=1S/C46H88N2O4/c1-7-11-15-18-21-28-35-43(34-26-16-12-8-2)42(6)51-38-30-23-20-19-22-29-37-47-45(49)40-48-41(5)32-25-24-31-39-52-46(50)44(33-14-10-4)36-27-17-13-9-3/h43-44,48H,5-40H2,1-4H3,(H,47,49). The third-order valence-electron chi connectivity index (χ3n) is 10.5. The lowest BCUT2D eigenvalue weighted by atomic mass is 9.93. The van der Waals surface area contributed by atoms with Gasteiger partial charge in [0, 0.05) is 18.2 Å². The topological polar surface area (TPSA) is 76.7 Å². The van der Waals surface area contributed by atoms with E-state index >= 15 is 0 Å². The lowest BCUT2D eigenvalue weighted by Gasteiger charge is -2.20. The fourth-order valence-corrected chi connectivity index (χ4v) is 6.85. The van der Waals surface area contributed by atoms with Crippen LogP contribution in [0.2, 0.25) is 0 Å². The van der Waals surface area contributed by atoms with Gasteiger partial charge in [0.25, 0.3) is 0 Å². The van der Waals surface area contributed by atoms with Crippen molar-refractivity contribution in [2.45, 2.75) is 220 Å². The Morgan fingerprint density at radius 2 is 0.923 bits per heavy atom. The van der Waals surface area contributed by atoms with Crippen LogP contribution >= 0.6 is 0 Å². The molecule has 6 nitrogen and oxygen atoms in total. The molecule has 306 valence electrons. The van der Waals surface area contributed by atoms with Gasteiger partial charge < -0.3 is 20.1 Å². The average Bonchev–Trinajstić information content (AvgIpc) is 3.14. The highest BCUT2D eigenvalue weighted by Gasteiger charge is 2.19. The largest absolute Gasteiger partial charge is 0.498 e. The van der Waals surface area contributed by atoms with Gasteiger partial charge in [-0.05, 0) is 64.2 Å². The van der Waals surface area contributed by atoms with Gasteiger partial charge in [-0.25, -0.2) is 0 Å². The number of carbonyl (C=O) groups excluding carboxylic acids is 2. The summed E-state index contributed by atoms with van der Waals surface area (Å²) in [5, 5.41) is 6.21. The molecule has 2 atom stereocenters. The predicted molar refractivity (Wildman–Crippen MR) is 224 cm³/mol. The molecule has 0 aromatic rings. The molecule has 0 radical (unpaired) electrons. The van der Waals surface area contributed by atoms with Crippen LogP contribution in [0.5, 0.6) is 0 Å². The van der Waals surface area contributed by atoms with Gasteiger partial charge in [0.15, 0.2) is 0 Å². The Morgan fingerprint density at radius 3 is 1.52 bits per heavy atom. The molecular formula is C46H88N2O4. The minimum absolute atomic E-state index is 0.000105. The van der Waals surface area contributed by atoms with Crippen molar-refractivity contribution in [1.29, 1.82) is 0 Å². The monoisotopic (exact) mass is 733 g/mol. The summed E-state index contributed by atoms with van der Waals surface area (Å²) in [6.45, 7) is 19.7. The summed E-state index contributed by atoms with van der Waals surface area (Å²) in [7, 11) is 0. The quantitative estimate of drug-likeness (QED) is 0.0372. The van der Waals surface area contributed by atoms with Crippen LogP contribution < -0.4 is 10.6 Å². The third kappa shape index (κ3) is 32.7. The summed E-state index contributed by atoms with van der Waals surface area (Å²) >= 11 is 0. The smallest absolute Gasteiger partial charge is 0.308 e. The minimum atomic E-state index is 0.000105. The van der Waals surface area contributed by atoms with Crippen molar-refractivity contribution in [1.82, 2.24) is 10.6 Å². The summed E-state index contributed by atoms with van der Waals surface area (Å²) in [5.41, 5.74) is 0.895. The number of allylic oxidation sites excluding steroid dienone is 2. The molecule has 1 amide bonds. The van der Waals surface area contributed by atoms with Crippen LogP contribution in [0.3, 0.4) is 0 Å². The van der Waals surface area contributed by atoms with Crippen LogP contribution in [0.1, 0.15) is 220 Å². The predicted octanol–water partition coefficient (Wildman–Crippen LogP) is 13.3. The van der Waals surface area contributed by atoms with Crippen molar-refractivity contribution in [2.24, 2.45) is 11.8 Å². The molecule has 0 rings (SSSR count). The first kappa shape index (κ1) is 50.0. The first-order chi connectivity index (χ1) is 25.4. The van der Waals surface area contributed by atoms with Crippen LogP contribution in [0, 0.1) is 11.8 Å². The second-order valence-corrected chi connectivity index (χ2v) is 15.5. The number of esters is 1. The zero-order valence-corrected chi connectivity index (χ0v) is 35.2. The van der Waals surface area contributed by atoms with Crippen molar-refractivity contribution in [2.75, 3.05) is 26.3 Å². The van der Waals surface area contributed by atoms with Crippen LogP contribution in [-0.2, 0) is 19.1 Å². The van der Waals surface area contributed by atoms with Crippen LogP contribution in [0.25, 0.3) is 0 Å². The Hall–Kier alpha value is -1.98. The Bertz CT molecular complexity index is 844. The van der Waals surface area contributed by atoms with Gasteiger partial charge in [-0.1, -0.05) is 169 Å². The van der Waals surface area contributed by atoms with Gasteiger partial charge >= 0.3 is 5.97 Å². The van der Waals surface area contributed by atoms with Crippen molar-refractivity contribution in [3.05, 3.63) is 24.6 Å². The second kappa shape index (κ2) is 38.7. The Labute approximate surface area is 323 Å². The van der Waals surface area contributed by atoms with Gasteiger partial charge in [0.2, 0.25) is 5.91 Å². The molecule has 0 aliphatic heterocycles. The number of carbonyl (C=O) groups is 2. The molecular weight excluding hydrogens is 645 g/mol. The number of ether oxygens (including phenoxy) is 2. The molecule has 0 aromatic heterocycles. The van der Waals surface area contributed by atoms with Gasteiger partial charge in [0.05, 0.1) is 31.4 Å². The summed E-state index contributed by atoms with van der Waals surface area (Å²) in [6.07, 6.45) is 35.2. The zero-order chi connectivity index (χ0) is 38.3. The molecule has 0 fully saturated rings. The summed E-state index contributed by atoms with van der Waals surface area (Å²) in [4.78, 5) is 24.9. The van der Waals surface area contributed by atoms with E-state index in [9.17, 15) is 9.59 Å². The number of nitrogens with one attached hydrogen (secondary N) is 2. The van der Waals surface area contributed by atoms with Gasteiger partial charge in [0.1, 0.15) is 0 Å². The molecule has 0 heterocycles. The van der Waals surface area contributed by atoms with Gasteiger partial charge in [-0.15, -0.1) is 0 Å². The van der Waals surface area contributed by atoms with Crippen LogP contribution in [0.4, 0.5) is 0 Å². The van der Waals surface area contributed by atoms with E-state index in [1.165, 1.54) is 116 Å². The van der Waals surface area contributed by atoms with E-state index in [4.69, 9.17) is 9.47 Å². The normalized spacial score (nSPS) is 12.3. The van der Waals surface area contributed by atoms with E-state index < -0.39 is 0 Å². The highest BCUT2D eigenvalue weighted by Crippen LogP contribution is 2.26. The molecule has 52 heavy (non-hydrogen) atoms. The van der Waals surface area contributed by atoms with E-state index in [2.05, 4.69) is 51.5 Å². The van der Waals surface area contributed by atoms with Crippen molar-refractivity contribution in [3.63, 3.8) is 0 Å². The number of hydrogen-bond donors (Lipinski definition) is 2. The zero-order valence-electron chi connectivity index (χ0n) is 35.2. The lowest BCUT2D eigenvalue weighted by molar-refractivity contribution is -0.149. The molecule has 0 aromatic carbocycles. The maximum Gasteiger partial charge on any atom is 0.308 e. The lowest BCUT2D eigenvalue weighted by Crippen LogP contribution is -2.33. The molecule has 0 spiro atoms. The summed E-state index contributed by atoms with van der Waals surface area (Å²) < 4.78 is 11.8. The van der Waals surface area contributed by atoms with Crippen LogP contribution in [0.15, 0.2) is 24.6 Å². The highest BCUT2D eigenvalue weighted by molar-refractivity contribution is 5.78. The fraction of sp³-hybridized carbons (Fsp3) is 0.870. The highest BCUT2D eigenvalue weighted by atomic mass is 16.5. The molecule has 6 heteroatoms. The van der Waals surface area contributed by atoms with Gasteiger partial charge in [-0.2, -0.15) is 0 Å². The van der Waals surface area contributed by atoms with Crippen molar-refractivity contribution in [3.8, 4) is 0 Å². The van der Waals surface area contributed by atoms with E-state index in [0.29, 0.717) is 12.5 Å².